The average Bonchev–Trinajstić information content (AvgIpc) is 3.32. The molecule has 2 fully saturated rings. The normalized spacial score (nSPS) is 20.7. The first-order chi connectivity index (χ1) is 18.4. The van der Waals surface area contributed by atoms with Gasteiger partial charge in [0.15, 0.2) is 0 Å². The molecule has 13 heteroatoms. The lowest BCUT2D eigenvalue weighted by molar-refractivity contribution is -0.274. The number of methoxy groups -OCH3 is 1. The van der Waals surface area contributed by atoms with Crippen LogP contribution in [0.15, 0.2) is 48.5 Å². The van der Waals surface area contributed by atoms with Gasteiger partial charge in [-0.15, -0.1) is 13.2 Å². The first kappa shape index (κ1) is 29.0. The highest BCUT2D eigenvalue weighted by Gasteiger charge is 2.38. The molecule has 2 aromatic carbocycles. The fourth-order valence-corrected chi connectivity index (χ4v) is 5.98. The number of amides is 2. The van der Waals surface area contributed by atoms with Crippen LogP contribution in [0.1, 0.15) is 17.0 Å². The molecule has 0 saturated carbocycles. The van der Waals surface area contributed by atoms with Crippen molar-refractivity contribution < 1.29 is 35.9 Å². The van der Waals surface area contributed by atoms with Crippen molar-refractivity contribution in [2.24, 2.45) is 0 Å². The van der Waals surface area contributed by atoms with Crippen molar-refractivity contribution >= 4 is 16.1 Å². The van der Waals surface area contributed by atoms with Crippen LogP contribution in [0.5, 0.6) is 11.5 Å². The van der Waals surface area contributed by atoms with Gasteiger partial charge in [0.2, 0.25) is 10.0 Å². The van der Waals surface area contributed by atoms with Crippen molar-refractivity contribution in [2.45, 2.75) is 24.7 Å². The second-order valence-electron chi connectivity index (χ2n) is 9.69. The van der Waals surface area contributed by atoms with Gasteiger partial charge in [-0.1, -0.05) is 30.3 Å². The highest BCUT2D eigenvalue weighted by molar-refractivity contribution is 7.88. The third kappa shape index (κ3) is 7.55. The van der Waals surface area contributed by atoms with Crippen LogP contribution in [-0.2, 0) is 16.4 Å². The number of alkyl halides is 3. The Morgan fingerprint density at radius 1 is 1.03 bits per heavy atom. The first-order valence-corrected chi connectivity index (χ1v) is 14.5. The van der Waals surface area contributed by atoms with E-state index in [4.69, 9.17) is 4.74 Å². The molecule has 2 heterocycles. The van der Waals surface area contributed by atoms with Gasteiger partial charge in [0.25, 0.3) is 0 Å². The number of halogens is 3. The number of hydrogen-bond acceptors (Lipinski definition) is 6. The van der Waals surface area contributed by atoms with Crippen LogP contribution in [0.3, 0.4) is 0 Å². The fraction of sp³-hybridized carbons (Fsp3) is 0.500. The van der Waals surface area contributed by atoms with Gasteiger partial charge in [-0.3, -0.25) is 0 Å². The fourth-order valence-electron chi connectivity index (χ4n) is 5.16. The highest BCUT2D eigenvalue weighted by Crippen LogP contribution is 2.31. The van der Waals surface area contributed by atoms with Gasteiger partial charge in [-0.2, -0.15) is 4.31 Å². The van der Waals surface area contributed by atoms with Crippen molar-refractivity contribution in [2.75, 3.05) is 59.2 Å². The van der Waals surface area contributed by atoms with Crippen LogP contribution >= 0.6 is 0 Å². The van der Waals surface area contributed by atoms with Crippen LogP contribution in [0.2, 0.25) is 0 Å². The molecule has 2 saturated heterocycles. The summed E-state index contributed by atoms with van der Waals surface area (Å²) in [5.74, 6) is 0.158. The summed E-state index contributed by atoms with van der Waals surface area (Å²) >= 11 is 0. The minimum absolute atomic E-state index is 0.00857. The zero-order chi connectivity index (χ0) is 28.2. The Bertz CT molecular complexity index is 1240. The van der Waals surface area contributed by atoms with Crippen LogP contribution in [0.4, 0.5) is 18.0 Å². The smallest absolute Gasteiger partial charge is 0.496 e. The summed E-state index contributed by atoms with van der Waals surface area (Å²) < 4.78 is 72.5. The average molecular weight is 571 g/mol. The molecule has 2 aliphatic heterocycles. The highest BCUT2D eigenvalue weighted by atomic mass is 32.2. The van der Waals surface area contributed by atoms with E-state index < -0.39 is 16.4 Å². The summed E-state index contributed by atoms with van der Waals surface area (Å²) in [6.45, 7) is 2.56. The van der Waals surface area contributed by atoms with Crippen LogP contribution in [0, 0.1) is 0 Å². The van der Waals surface area contributed by atoms with E-state index in [2.05, 4.69) is 10.1 Å². The number of urea groups is 1. The van der Waals surface area contributed by atoms with Gasteiger partial charge < -0.3 is 24.6 Å². The van der Waals surface area contributed by atoms with Gasteiger partial charge >= 0.3 is 12.4 Å². The maximum Gasteiger partial charge on any atom is 0.573 e. The molecule has 4 rings (SSSR count). The summed E-state index contributed by atoms with van der Waals surface area (Å²) in [5.41, 5.74) is 1.64. The third-order valence-electron chi connectivity index (χ3n) is 7.08. The Labute approximate surface area is 226 Å². The second kappa shape index (κ2) is 12.0. The van der Waals surface area contributed by atoms with Crippen molar-refractivity contribution in [3.63, 3.8) is 0 Å². The molecule has 9 nitrogen and oxygen atoms in total. The zero-order valence-electron chi connectivity index (χ0n) is 21.9. The van der Waals surface area contributed by atoms with E-state index >= 15 is 0 Å². The number of carbonyl (C=O) groups is 1. The number of sulfonamides is 1. The van der Waals surface area contributed by atoms with Crippen LogP contribution in [-0.4, -0.2) is 100 Å². The Balaban J connectivity index is 1.42. The predicted molar refractivity (Wildman–Crippen MR) is 139 cm³/mol. The summed E-state index contributed by atoms with van der Waals surface area (Å²) in [4.78, 5) is 16.8. The van der Waals surface area contributed by atoms with E-state index in [1.54, 1.807) is 9.80 Å². The molecule has 0 spiro atoms. The minimum Gasteiger partial charge on any atom is -0.496 e. The minimum atomic E-state index is -4.79. The Kier molecular flexibility index (Phi) is 8.92. The molecule has 0 aliphatic carbocycles. The lowest BCUT2D eigenvalue weighted by Gasteiger charge is -2.35. The molecule has 39 heavy (non-hydrogen) atoms. The molecule has 0 radical (unpaired) electrons. The molecule has 214 valence electrons. The lowest BCUT2D eigenvalue weighted by atomic mass is 9.94. The first-order valence-electron chi connectivity index (χ1n) is 12.6. The molecule has 2 unspecified atom stereocenters. The molecule has 0 aromatic heterocycles. The number of rotatable bonds is 8. The summed E-state index contributed by atoms with van der Waals surface area (Å²) in [6.07, 6.45) is -3.23. The Morgan fingerprint density at radius 3 is 2.33 bits per heavy atom. The topological polar surface area (TPSA) is 91.4 Å². The molecular weight excluding hydrogens is 537 g/mol. The predicted octanol–water partition coefficient (Wildman–Crippen LogP) is 2.89. The van der Waals surface area contributed by atoms with Crippen molar-refractivity contribution in [1.29, 1.82) is 0 Å². The number of carbonyl (C=O) groups excluding carboxylic acids is 1. The maximum absolute atomic E-state index is 13.3. The number of likely N-dealkylation sites (tertiary alicyclic amines) is 1. The molecule has 2 aliphatic rings. The van der Waals surface area contributed by atoms with E-state index in [9.17, 15) is 26.4 Å². The molecule has 0 bridgehead atoms. The Morgan fingerprint density at radius 2 is 1.72 bits per heavy atom. The Hall–Kier alpha value is -3.03. The SMILES string of the molecule is COc1ccc(OC(F)(F)F)cc1CCNC1CN(C(=O)N2CCN(S(C)(=O)=O)CC2)CC1c1ccccc1. The second-order valence-corrected chi connectivity index (χ2v) is 11.7. The van der Waals surface area contributed by atoms with Crippen LogP contribution < -0.4 is 14.8 Å². The number of nitrogens with zero attached hydrogens (tertiary/aromatic N) is 3. The molecule has 2 atom stereocenters. The van der Waals surface area contributed by atoms with Gasteiger partial charge in [-0.05, 0) is 42.3 Å². The monoisotopic (exact) mass is 570 g/mol. The summed E-state index contributed by atoms with van der Waals surface area (Å²) in [7, 11) is -1.84. The number of ether oxygens (including phenoxy) is 2. The largest absolute Gasteiger partial charge is 0.573 e. The molecular formula is C26H33F3N4O5S. The molecule has 1 N–H and O–H groups in total. The van der Waals surface area contributed by atoms with Crippen molar-refractivity contribution in [3.05, 3.63) is 59.7 Å². The van der Waals surface area contributed by atoms with Crippen molar-refractivity contribution in [1.82, 2.24) is 19.4 Å². The number of benzene rings is 2. The number of nitrogens with one attached hydrogen (secondary N) is 1. The van der Waals surface area contributed by atoms with E-state index in [-0.39, 0.29) is 36.8 Å². The molecule has 2 amide bonds. The standard InChI is InChI=1S/C26H33F3N4O5S/c1-37-24-9-8-21(38-26(27,28)29)16-20(24)10-11-30-23-18-32(17-22(23)19-6-4-3-5-7-19)25(34)31-12-14-33(15-13-31)39(2,35)36/h3-9,16,22-23,30H,10-15,17-18H2,1-2H3. The molecule has 2 aromatic rings. The van der Waals surface area contributed by atoms with Gasteiger partial charge in [0, 0.05) is 51.2 Å². The quantitative estimate of drug-likeness (QED) is 0.525. The van der Waals surface area contributed by atoms with E-state index in [1.165, 1.54) is 35.9 Å². The van der Waals surface area contributed by atoms with Crippen LogP contribution in [0.25, 0.3) is 0 Å². The number of hydrogen-bond donors (Lipinski definition) is 1. The van der Waals surface area contributed by atoms with Gasteiger partial charge in [0.1, 0.15) is 11.5 Å². The summed E-state index contributed by atoms with van der Waals surface area (Å²) in [6, 6.07) is 13.6. The zero-order valence-corrected chi connectivity index (χ0v) is 22.7. The third-order valence-corrected chi connectivity index (χ3v) is 8.39. The number of piperazine rings is 1. The van der Waals surface area contributed by atoms with Gasteiger partial charge in [0.05, 0.1) is 13.4 Å². The van der Waals surface area contributed by atoms with Gasteiger partial charge in [-0.25, -0.2) is 13.2 Å². The van der Waals surface area contributed by atoms with E-state index in [0.29, 0.717) is 50.5 Å². The van der Waals surface area contributed by atoms with E-state index in [1.807, 2.05) is 30.3 Å². The van der Waals surface area contributed by atoms with E-state index in [0.717, 1.165) is 5.56 Å². The summed E-state index contributed by atoms with van der Waals surface area (Å²) in [5, 5.41) is 3.49. The van der Waals surface area contributed by atoms with Crippen molar-refractivity contribution in [3.8, 4) is 11.5 Å². The maximum atomic E-state index is 13.3. The lowest BCUT2D eigenvalue weighted by Crippen LogP contribution is -2.53.